The number of hydrogen-bond donors (Lipinski definition) is 3. The van der Waals surface area contributed by atoms with Crippen molar-refractivity contribution in [2.24, 2.45) is 5.92 Å². The summed E-state index contributed by atoms with van der Waals surface area (Å²) in [6, 6.07) is 20.8. The van der Waals surface area contributed by atoms with Gasteiger partial charge in [0, 0.05) is 25.7 Å². The van der Waals surface area contributed by atoms with Crippen LogP contribution in [0.2, 0.25) is 0 Å². The van der Waals surface area contributed by atoms with E-state index in [-0.39, 0.29) is 23.4 Å². The van der Waals surface area contributed by atoms with Gasteiger partial charge in [0.05, 0.1) is 17.4 Å². The lowest BCUT2D eigenvalue weighted by Gasteiger charge is -2.31. The maximum absolute atomic E-state index is 13.3. The van der Waals surface area contributed by atoms with Gasteiger partial charge >= 0.3 is 5.97 Å². The zero-order valence-corrected chi connectivity index (χ0v) is 24.5. The quantitative estimate of drug-likeness (QED) is 0.300. The molecule has 0 amide bonds. The Balaban J connectivity index is 1.33. The molecule has 214 valence electrons. The number of carboxylic acids is 1. The van der Waals surface area contributed by atoms with E-state index in [1.807, 2.05) is 19.1 Å². The summed E-state index contributed by atoms with van der Waals surface area (Å²) in [6.45, 7) is 6.39. The first-order valence-electron chi connectivity index (χ1n) is 13.7. The van der Waals surface area contributed by atoms with E-state index in [4.69, 9.17) is 5.11 Å². The highest BCUT2D eigenvalue weighted by Gasteiger charge is 2.29. The van der Waals surface area contributed by atoms with Crippen molar-refractivity contribution < 1.29 is 23.4 Å². The summed E-state index contributed by atoms with van der Waals surface area (Å²) >= 11 is 0. The second-order valence-corrected chi connectivity index (χ2v) is 13.7. The van der Waals surface area contributed by atoms with Crippen molar-refractivity contribution in [1.29, 1.82) is 0 Å². The molecule has 3 N–H and O–H groups in total. The van der Waals surface area contributed by atoms with Crippen LogP contribution in [-0.4, -0.2) is 60.7 Å². The normalized spacial score (nSPS) is 14.8. The van der Waals surface area contributed by atoms with Crippen LogP contribution in [0.1, 0.15) is 42.5 Å². The van der Waals surface area contributed by atoms with E-state index < -0.39 is 22.1 Å². The van der Waals surface area contributed by atoms with E-state index in [2.05, 4.69) is 43.4 Å². The first kappa shape index (κ1) is 29.9. The number of hydrogen-bond acceptors (Lipinski definition) is 5. The molecule has 1 unspecified atom stereocenters. The number of nitrogens with one attached hydrogen (secondary N) is 1. The van der Waals surface area contributed by atoms with Crippen LogP contribution in [0.4, 0.5) is 0 Å². The monoisotopic (exact) mass is 564 g/mol. The standard InChI is InChI=1S/C32H40N2O5S/c1-22-15-29(13-14-30(22)25-11-9-23(10-12-25)18-31(36)37)40(38,39)34(4)21-28(35)20-33-32(2,3)19-24-16-26-7-5-6-8-27(26)17-24/h5-15,24,28,33,35H,16-21H2,1-4H3,(H,36,37). The van der Waals surface area contributed by atoms with Gasteiger partial charge in [-0.1, -0.05) is 54.6 Å². The lowest BCUT2D eigenvalue weighted by molar-refractivity contribution is -0.136. The Morgan fingerprint density at radius 3 is 2.25 bits per heavy atom. The molecule has 0 bridgehead atoms. The van der Waals surface area contributed by atoms with Crippen LogP contribution in [0.25, 0.3) is 11.1 Å². The first-order valence-corrected chi connectivity index (χ1v) is 15.2. The molecule has 3 aromatic rings. The fourth-order valence-electron chi connectivity index (χ4n) is 5.72. The van der Waals surface area contributed by atoms with Crippen molar-refractivity contribution >= 4 is 16.0 Å². The van der Waals surface area contributed by atoms with Crippen LogP contribution < -0.4 is 5.32 Å². The van der Waals surface area contributed by atoms with E-state index in [1.165, 1.54) is 22.5 Å². The van der Waals surface area contributed by atoms with Crippen molar-refractivity contribution in [2.45, 2.75) is 63.0 Å². The molecular weight excluding hydrogens is 524 g/mol. The van der Waals surface area contributed by atoms with Gasteiger partial charge in [-0.15, -0.1) is 0 Å². The molecule has 1 aliphatic rings. The van der Waals surface area contributed by atoms with E-state index in [0.29, 0.717) is 18.0 Å². The summed E-state index contributed by atoms with van der Waals surface area (Å²) in [5.41, 5.74) is 5.91. The van der Waals surface area contributed by atoms with Crippen molar-refractivity contribution in [2.75, 3.05) is 20.1 Å². The average Bonchev–Trinajstić information content (AvgIpc) is 3.29. The summed E-state index contributed by atoms with van der Waals surface area (Å²) in [7, 11) is -2.31. The summed E-state index contributed by atoms with van der Waals surface area (Å²) in [5, 5.41) is 23.1. The zero-order chi connectivity index (χ0) is 29.1. The maximum atomic E-state index is 13.3. The first-order chi connectivity index (χ1) is 18.8. The third-order valence-electron chi connectivity index (χ3n) is 7.74. The molecule has 0 radical (unpaired) electrons. The van der Waals surface area contributed by atoms with Gasteiger partial charge < -0.3 is 15.5 Å². The molecule has 1 atom stereocenters. The molecule has 3 aromatic carbocycles. The van der Waals surface area contributed by atoms with Crippen LogP contribution >= 0.6 is 0 Å². The minimum absolute atomic E-state index is 0.0217. The fraction of sp³-hybridized carbons (Fsp3) is 0.406. The Morgan fingerprint density at radius 2 is 1.68 bits per heavy atom. The number of sulfonamides is 1. The molecule has 0 fully saturated rings. The summed E-state index contributed by atoms with van der Waals surface area (Å²) in [4.78, 5) is 11.1. The number of likely N-dealkylation sites (N-methyl/N-ethyl adjacent to an activating group) is 1. The number of benzene rings is 3. The Hall–Kier alpha value is -3.04. The van der Waals surface area contributed by atoms with Gasteiger partial charge in [-0.3, -0.25) is 4.79 Å². The lowest BCUT2D eigenvalue weighted by atomic mass is 9.88. The molecule has 0 saturated carbocycles. The smallest absolute Gasteiger partial charge is 0.307 e. The summed E-state index contributed by atoms with van der Waals surface area (Å²) in [5.74, 6) is -0.336. The Morgan fingerprint density at radius 1 is 1.05 bits per heavy atom. The number of aliphatic carboxylic acids is 1. The average molecular weight is 565 g/mol. The van der Waals surface area contributed by atoms with Crippen LogP contribution in [0, 0.1) is 12.8 Å². The molecule has 4 rings (SSSR count). The number of nitrogens with zero attached hydrogens (tertiary/aromatic N) is 1. The highest BCUT2D eigenvalue weighted by Crippen LogP contribution is 2.32. The Bertz CT molecular complexity index is 1430. The minimum Gasteiger partial charge on any atom is -0.481 e. The van der Waals surface area contributed by atoms with E-state index in [9.17, 15) is 18.3 Å². The summed E-state index contributed by atoms with van der Waals surface area (Å²) < 4.78 is 27.8. The van der Waals surface area contributed by atoms with Crippen LogP contribution in [0.3, 0.4) is 0 Å². The highest BCUT2D eigenvalue weighted by molar-refractivity contribution is 7.89. The molecule has 1 aliphatic carbocycles. The van der Waals surface area contributed by atoms with Gasteiger partial charge in [0.25, 0.3) is 0 Å². The number of carbonyl (C=O) groups is 1. The van der Waals surface area contributed by atoms with Gasteiger partial charge in [0.1, 0.15) is 0 Å². The predicted octanol–water partition coefficient (Wildman–Crippen LogP) is 4.44. The van der Waals surface area contributed by atoms with Crippen molar-refractivity contribution in [3.05, 3.63) is 89.0 Å². The molecule has 0 aliphatic heterocycles. The summed E-state index contributed by atoms with van der Waals surface area (Å²) in [6.07, 6.45) is 2.20. The van der Waals surface area contributed by atoms with E-state index in [1.54, 1.807) is 30.3 Å². The Labute approximate surface area is 237 Å². The SMILES string of the molecule is Cc1cc(S(=O)(=O)N(C)CC(O)CNC(C)(C)CC2Cc3ccccc3C2)ccc1-c1ccc(CC(=O)O)cc1. The van der Waals surface area contributed by atoms with Crippen molar-refractivity contribution in [1.82, 2.24) is 9.62 Å². The number of carboxylic acid groups (broad SMARTS) is 1. The number of aliphatic hydroxyl groups is 1. The maximum Gasteiger partial charge on any atom is 0.307 e. The topological polar surface area (TPSA) is 107 Å². The second kappa shape index (κ2) is 12.2. The van der Waals surface area contributed by atoms with Crippen molar-refractivity contribution in [3.8, 4) is 11.1 Å². The van der Waals surface area contributed by atoms with Gasteiger partial charge in [-0.2, -0.15) is 4.31 Å². The minimum atomic E-state index is -3.80. The molecule has 0 spiro atoms. The van der Waals surface area contributed by atoms with E-state index >= 15 is 0 Å². The number of aliphatic hydroxyl groups excluding tert-OH is 1. The fourth-order valence-corrected chi connectivity index (χ4v) is 7.01. The zero-order valence-electron chi connectivity index (χ0n) is 23.7. The number of β-amino-alcohol motifs (C(OH)–C–C–N with tert-alkyl or cyclic N) is 1. The van der Waals surface area contributed by atoms with Crippen molar-refractivity contribution in [3.63, 3.8) is 0 Å². The van der Waals surface area contributed by atoms with Gasteiger partial charge in [0.2, 0.25) is 10.0 Å². The number of fused-ring (bicyclic) bond motifs is 1. The predicted molar refractivity (Wildman–Crippen MR) is 158 cm³/mol. The molecule has 0 aromatic heterocycles. The van der Waals surface area contributed by atoms with Gasteiger partial charge in [-0.25, -0.2) is 8.42 Å². The van der Waals surface area contributed by atoms with Crippen LogP contribution in [0.5, 0.6) is 0 Å². The van der Waals surface area contributed by atoms with Gasteiger partial charge in [-0.05, 0) is 91.5 Å². The third-order valence-corrected chi connectivity index (χ3v) is 9.56. The molecule has 40 heavy (non-hydrogen) atoms. The molecule has 8 heteroatoms. The van der Waals surface area contributed by atoms with Gasteiger partial charge in [0.15, 0.2) is 0 Å². The number of rotatable bonds is 12. The van der Waals surface area contributed by atoms with E-state index in [0.717, 1.165) is 36.0 Å². The molecule has 0 saturated heterocycles. The largest absolute Gasteiger partial charge is 0.481 e. The Kier molecular flexibility index (Phi) is 9.15. The third kappa shape index (κ3) is 7.37. The van der Waals surface area contributed by atoms with Crippen LogP contribution in [-0.2, 0) is 34.1 Å². The highest BCUT2D eigenvalue weighted by atomic mass is 32.2. The molecule has 0 heterocycles. The lowest BCUT2D eigenvalue weighted by Crippen LogP contribution is -2.47. The number of aryl methyl sites for hydroxylation is 1. The second-order valence-electron chi connectivity index (χ2n) is 11.7. The molecular formula is C32H40N2O5S. The molecule has 7 nitrogen and oxygen atoms in total. The van der Waals surface area contributed by atoms with Crippen LogP contribution in [0.15, 0.2) is 71.6 Å².